The zero-order chi connectivity index (χ0) is 20.4. The maximum absolute atomic E-state index is 12.8. The van der Waals surface area contributed by atoms with Crippen molar-refractivity contribution in [2.45, 2.75) is 13.8 Å². The van der Waals surface area contributed by atoms with Crippen molar-refractivity contribution in [3.63, 3.8) is 0 Å². The molecular weight excluding hydrogens is 405 g/mol. The first-order valence-electron chi connectivity index (χ1n) is 8.57. The van der Waals surface area contributed by atoms with Crippen LogP contribution in [0.5, 0.6) is 0 Å². The Bertz CT molecular complexity index is 979. The number of nitrogens with one attached hydrogen (secondary N) is 1. The third-order valence-electron chi connectivity index (χ3n) is 4.24. The lowest BCUT2D eigenvalue weighted by Gasteiger charge is -2.26. The molecule has 0 atom stereocenters. The zero-order valence-corrected chi connectivity index (χ0v) is 16.7. The van der Waals surface area contributed by atoms with E-state index >= 15 is 0 Å². The van der Waals surface area contributed by atoms with Gasteiger partial charge in [-0.3, -0.25) is 14.9 Å². The Morgan fingerprint density at radius 2 is 1.79 bits per heavy atom. The number of furan rings is 1. The lowest BCUT2D eigenvalue weighted by atomic mass is 10.1. The Balaban J connectivity index is 1.95. The number of anilines is 2. The summed E-state index contributed by atoms with van der Waals surface area (Å²) in [6.07, 6.45) is 1.31. The van der Waals surface area contributed by atoms with Crippen LogP contribution in [-0.2, 0) is 9.59 Å². The van der Waals surface area contributed by atoms with Gasteiger partial charge in [-0.1, -0.05) is 23.2 Å². The fraction of sp³-hybridized carbons (Fsp3) is 0.211. The molecule has 1 saturated heterocycles. The van der Waals surface area contributed by atoms with Crippen LogP contribution in [0.1, 0.15) is 19.6 Å². The van der Waals surface area contributed by atoms with Crippen molar-refractivity contribution in [1.82, 2.24) is 5.32 Å². The molecule has 0 saturated carbocycles. The highest BCUT2D eigenvalue weighted by molar-refractivity contribution is 6.43. The highest BCUT2D eigenvalue weighted by atomic mass is 35.5. The summed E-state index contributed by atoms with van der Waals surface area (Å²) in [4.78, 5) is 40.1. The lowest BCUT2D eigenvalue weighted by molar-refractivity contribution is -0.122. The van der Waals surface area contributed by atoms with Gasteiger partial charge in [-0.15, -0.1) is 0 Å². The van der Waals surface area contributed by atoms with E-state index in [1.165, 1.54) is 24.3 Å². The molecule has 4 amide bonds. The number of barbiturate groups is 1. The maximum atomic E-state index is 12.8. The number of urea groups is 1. The molecule has 1 aromatic carbocycles. The van der Waals surface area contributed by atoms with Crippen LogP contribution in [-0.4, -0.2) is 30.9 Å². The monoisotopic (exact) mass is 421 g/mol. The van der Waals surface area contributed by atoms with E-state index in [2.05, 4.69) is 5.32 Å². The van der Waals surface area contributed by atoms with E-state index in [0.29, 0.717) is 11.6 Å². The summed E-state index contributed by atoms with van der Waals surface area (Å²) in [6, 6.07) is 6.84. The Hall–Kier alpha value is -2.77. The lowest BCUT2D eigenvalue weighted by Crippen LogP contribution is -2.54. The minimum Gasteiger partial charge on any atom is -0.441 e. The molecule has 3 rings (SSSR count). The van der Waals surface area contributed by atoms with E-state index in [1.807, 2.05) is 18.7 Å². The van der Waals surface area contributed by atoms with Crippen molar-refractivity contribution in [2.75, 3.05) is 22.9 Å². The summed E-state index contributed by atoms with van der Waals surface area (Å²) in [7, 11) is 0. The standard InChI is InChI=1S/C19H17Cl2N3O4/c1-3-23(4-2)16-8-6-12(28-16)10-13-17(25)22-19(27)24(18(13)26)11-5-7-14(20)15(21)9-11/h5-10H,3-4H2,1-2H3,(H,22,25,27). The number of benzene rings is 1. The van der Waals surface area contributed by atoms with Crippen molar-refractivity contribution in [3.8, 4) is 0 Å². The van der Waals surface area contributed by atoms with E-state index in [4.69, 9.17) is 27.6 Å². The molecule has 1 aromatic heterocycles. The predicted octanol–water partition coefficient (Wildman–Crippen LogP) is 4.10. The SMILES string of the molecule is CCN(CC)c1ccc(C=C2C(=O)NC(=O)N(c3ccc(Cl)c(Cl)c3)C2=O)o1. The Morgan fingerprint density at radius 3 is 2.43 bits per heavy atom. The van der Waals surface area contributed by atoms with Gasteiger partial charge in [-0.05, 0) is 44.2 Å². The summed E-state index contributed by atoms with van der Waals surface area (Å²) in [5.74, 6) is -0.637. The molecule has 1 aliphatic rings. The van der Waals surface area contributed by atoms with Crippen LogP contribution in [0.25, 0.3) is 6.08 Å². The van der Waals surface area contributed by atoms with Gasteiger partial charge < -0.3 is 9.32 Å². The molecule has 9 heteroatoms. The summed E-state index contributed by atoms with van der Waals surface area (Å²) < 4.78 is 5.70. The topological polar surface area (TPSA) is 82.9 Å². The largest absolute Gasteiger partial charge is 0.441 e. The number of carbonyl (C=O) groups excluding carboxylic acids is 3. The van der Waals surface area contributed by atoms with Gasteiger partial charge in [-0.2, -0.15) is 0 Å². The first-order valence-corrected chi connectivity index (χ1v) is 9.32. The van der Waals surface area contributed by atoms with Gasteiger partial charge in [0.2, 0.25) is 0 Å². The third-order valence-corrected chi connectivity index (χ3v) is 4.98. The molecule has 0 aliphatic carbocycles. The summed E-state index contributed by atoms with van der Waals surface area (Å²) >= 11 is 11.9. The Labute approximate surface area is 171 Å². The molecule has 7 nitrogen and oxygen atoms in total. The summed E-state index contributed by atoms with van der Waals surface area (Å²) in [5.41, 5.74) is -0.0373. The Morgan fingerprint density at radius 1 is 1.07 bits per heavy atom. The molecule has 0 unspecified atom stereocenters. The van der Waals surface area contributed by atoms with Gasteiger partial charge in [0.25, 0.3) is 11.8 Å². The van der Waals surface area contributed by atoms with E-state index in [1.54, 1.807) is 12.1 Å². The third kappa shape index (κ3) is 3.76. The highest BCUT2D eigenvalue weighted by Crippen LogP contribution is 2.29. The molecule has 28 heavy (non-hydrogen) atoms. The summed E-state index contributed by atoms with van der Waals surface area (Å²) in [5, 5.41) is 2.60. The van der Waals surface area contributed by atoms with Crippen LogP contribution in [0.3, 0.4) is 0 Å². The molecule has 146 valence electrons. The van der Waals surface area contributed by atoms with Gasteiger partial charge in [0.1, 0.15) is 11.3 Å². The van der Waals surface area contributed by atoms with E-state index in [9.17, 15) is 14.4 Å². The first-order chi connectivity index (χ1) is 13.3. The van der Waals surface area contributed by atoms with Gasteiger partial charge in [0, 0.05) is 19.2 Å². The second kappa shape index (κ2) is 8.08. The van der Waals surface area contributed by atoms with Crippen molar-refractivity contribution >= 4 is 58.7 Å². The van der Waals surface area contributed by atoms with Crippen molar-refractivity contribution in [1.29, 1.82) is 0 Å². The van der Waals surface area contributed by atoms with E-state index < -0.39 is 17.8 Å². The van der Waals surface area contributed by atoms with Crippen LogP contribution < -0.4 is 15.1 Å². The molecule has 1 aliphatic heterocycles. The average Bonchev–Trinajstić information content (AvgIpc) is 3.11. The van der Waals surface area contributed by atoms with Crippen LogP contribution in [0.4, 0.5) is 16.4 Å². The molecule has 1 fully saturated rings. The quantitative estimate of drug-likeness (QED) is 0.580. The molecule has 0 radical (unpaired) electrons. The Kier molecular flexibility index (Phi) is 5.76. The normalized spacial score (nSPS) is 15.9. The maximum Gasteiger partial charge on any atom is 0.335 e. The number of hydrogen-bond donors (Lipinski definition) is 1. The molecule has 0 bridgehead atoms. The molecule has 2 heterocycles. The fourth-order valence-electron chi connectivity index (χ4n) is 2.78. The molecule has 2 aromatic rings. The number of rotatable bonds is 5. The molecular formula is C19H17Cl2N3O4. The second-order valence-electron chi connectivity index (χ2n) is 5.90. The number of hydrogen-bond acceptors (Lipinski definition) is 5. The number of amides is 4. The number of imide groups is 2. The van der Waals surface area contributed by atoms with Crippen LogP contribution >= 0.6 is 23.2 Å². The van der Waals surface area contributed by atoms with E-state index in [-0.39, 0.29) is 21.3 Å². The second-order valence-corrected chi connectivity index (χ2v) is 6.72. The summed E-state index contributed by atoms with van der Waals surface area (Å²) in [6.45, 7) is 5.48. The predicted molar refractivity (Wildman–Crippen MR) is 108 cm³/mol. The van der Waals surface area contributed by atoms with Crippen molar-refractivity contribution in [3.05, 3.63) is 51.7 Å². The number of nitrogens with zero attached hydrogens (tertiary/aromatic N) is 2. The van der Waals surface area contributed by atoms with Crippen LogP contribution in [0.15, 0.2) is 40.3 Å². The van der Waals surface area contributed by atoms with Gasteiger partial charge in [0.05, 0.1) is 15.7 Å². The van der Waals surface area contributed by atoms with E-state index in [0.717, 1.165) is 18.0 Å². The zero-order valence-electron chi connectivity index (χ0n) is 15.2. The van der Waals surface area contributed by atoms with Crippen molar-refractivity contribution < 1.29 is 18.8 Å². The number of halogens is 2. The van der Waals surface area contributed by atoms with Crippen LogP contribution in [0, 0.1) is 0 Å². The smallest absolute Gasteiger partial charge is 0.335 e. The number of carbonyl (C=O) groups is 3. The van der Waals surface area contributed by atoms with Gasteiger partial charge in [-0.25, -0.2) is 9.69 Å². The minimum atomic E-state index is -0.867. The minimum absolute atomic E-state index is 0.178. The average molecular weight is 422 g/mol. The van der Waals surface area contributed by atoms with Gasteiger partial charge in [0.15, 0.2) is 5.88 Å². The fourth-order valence-corrected chi connectivity index (χ4v) is 3.08. The van der Waals surface area contributed by atoms with Crippen molar-refractivity contribution in [2.24, 2.45) is 0 Å². The molecule has 1 N–H and O–H groups in total. The van der Waals surface area contributed by atoms with Crippen LogP contribution in [0.2, 0.25) is 10.0 Å². The molecule has 0 spiro atoms. The first kappa shape index (κ1) is 20.0. The highest BCUT2D eigenvalue weighted by Gasteiger charge is 2.37. The van der Waals surface area contributed by atoms with Gasteiger partial charge >= 0.3 is 6.03 Å².